The minimum Gasteiger partial charge on any atom is -0.480 e. The second-order valence-corrected chi connectivity index (χ2v) is 4.88. The molecule has 0 radical (unpaired) electrons. The summed E-state index contributed by atoms with van der Waals surface area (Å²) in [5, 5.41) is 16.4. The number of rotatable bonds is 4. The molecule has 0 bridgehead atoms. The van der Waals surface area contributed by atoms with Gasteiger partial charge in [0.2, 0.25) is 0 Å². The topological polar surface area (TPSA) is 103 Å². The van der Waals surface area contributed by atoms with Crippen molar-refractivity contribution in [2.24, 2.45) is 0 Å². The zero-order chi connectivity index (χ0) is 15.7. The number of aliphatic carboxylic acids is 1. The lowest BCUT2D eigenvalue weighted by atomic mass is 10.2. The summed E-state index contributed by atoms with van der Waals surface area (Å²) in [5.41, 5.74) is 2.13. The minimum atomic E-state index is -1.00. The van der Waals surface area contributed by atoms with Gasteiger partial charge in [0.15, 0.2) is 0 Å². The van der Waals surface area contributed by atoms with Crippen molar-refractivity contribution in [3.8, 4) is 0 Å². The molecule has 0 saturated carbocycles. The fourth-order valence-electron chi connectivity index (χ4n) is 2.27. The molecule has 0 aliphatic heterocycles. The third-order valence-corrected chi connectivity index (χ3v) is 3.22. The normalized spacial score (nSPS) is 11.0. The molecule has 0 aliphatic rings. The van der Waals surface area contributed by atoms with Crippen LogP contribution in [-0.4, -0.2) is 35.6 Å². The van der Waals surface area contributed by atoms with Crippen molar-refractivity contribution < 1.29 is 9.90 Å². The van der Waals surface area contributed by atoms with E-state index in [4.69, 9.17) is 5.11 Å². The van der Waals surface area contributed by atoms with Crippen molar-refractivity contribution >= 4 is 17.0 Å². The number of para-hydroxylation sites is 2. The molecule has 0 aliphatic carbocycles. The van der Waals surface area contributed by atoms with Crippen molar-refractivity contribution in [2.45, 2.75) is 20.0 Å². The maximum atomic E-state index is 12.3. The van der Waals surface area contributed by atoms with Gasteiger partial charge in [-0.25, -0.2) is 9.67 Å². The molecule has 1 aromatic carbocycles. The van der Waals surface area contributed by atoms with Gasteiger partial charge in [-0.1, -0.05) is 17.3 Å². The van der Waals surface area contributed by atoms with E-state index in [1.165, 1.54) is 10.9 Å². The van der Waals surface area contributed by atoms with Gasteiger partial charge in [-0.2, -0.15) is 0 Å². The minimum absolute atomic E-state index is 0.202. The maximum Gasteiger partial charge on any atom is 0.325 e. The van der Waals surface area contributed by atoms with Gasteiger partial charge in [-0.05, 0) is 19.1 Å². The van der Waals surface area contributed by atoms with Crippen LogP contribution in [0.1, 0.15) is 11.4 Å². The predicted octanol–water partition coefficient (Wildman–Crippen LogP) is 0.429. The van der Waals surface area contributed by atoms with E-state index in [-0.39, 0.29) is 18.6 Å². The summed E-state index contributed by atoms with van der Waals surface area (Å²) in [6.45, 7) is 1.60. The lowest BCUT2D eigenvalue weighted by molar-refractivity contribution is -0.137. The Balaban J connectivity index is 2.03. The average molecular weight is 299 g/mol. The van der Waals surface area contributed by atoms with E-state index in [1.54, 1.807) is 11.5 Å². The lowest BCUT2D eigenvalue weighted by Crippen LogP contribution is -2.24. The van der Waals surface area contributed by atoms with Gasteiger partial charge < -0.3 is 5.11 Å². The first-order valence-electron chi connectivity index (χ1n) is 6.61. The molecule has 0 spiro atoms. The number of hydrogen-bond donors (Lipinski definition) is 1. The number of carboxylic acid groups (broad SMARTS) is 1. The molecular weight excluding hydrogens is 286 g/mol. The highest BCUT2D eigenvalue weighted by atomic mass is 16.4. The van der Waals surface area contributed by atoms with E-state index < -0.39 is 5.97 Å². The quantitative estimate of drug-likeness (QED) is 0.749. The van der Waals surface area contributed by atoms with Crippen LogP contribution in [0.2, 0.25) is 0 Å². The summed E-state index contributed by atoms with van der Waals surface area (Å²) < 4.78 is 2.78. The number of carbonyl (C=O) groups is 1. The van der Waals surface area contributed by atoms with Gasteiger partial charge in [0.05, 0.1) is 23.8 Å². The van der Waals surface area contributed by atoms with E-state index in [1.807, 2.05) is 24.3 Å². The number of aromatic nitrogens is 5. The maximum absolute atomic E-state index is 12.3. The van der Waals surface area contributed by atoms with Gasteiger partial charge in [0.25, 0.3) is 5.56 Å². The molecule has 0 fully saturated rings. The third-order valence-electron chi connectivity index (χ3n) is 3.22. The molecule has 0 atom stereocenters. The van der Waals surface area contributed by atoms with Gasteiger partial charge in [0.1, 0.15) is 17.9 Å². The van der Waals surface area contributed by atoms with Crippen LogP contribution in [0.15, 0.2) is 35.3 Å². The Bertz CT molecular complexity index is 912. The fourth-order valence-corrected chi connectivity index (χ4v) is 2.27. The van der Waals surface area contributed by atoms with Crippen LogP contribution in [0, 0.1) is 6.92 Å². The van der Waals surface area contributed by atoms with Gasteiger partial charge in [0, 0.05) is 0 Å². The van der Waals surface area contributed by atoms with E-state index in [0.29, 0.717) is 16.9 Å². The summed E-state index contributed by atoms with van der Waals surface area (Å²) >= 11 is 0. The first kappa shape index (κ1) is 13.9. The molecule has 2 aromatic heterocycles. The zero-order valence-electron chi connectivity index (χ0n) is 11.8. The Labute approximate surface area is 124 Å². The highest BCUT2D eigenvalue weighted by Gasteiger charge is 2.11. The number of aryl methyl sites for hydroxylation is 1. The van der Waals surface area contributed by atoms with Crippen LogP contribution in [0.5, 0.6) is 0 Å². The SMILES string of the molecule is Cc1nc2ccccc2n(Cc2cn(CC(=O)O)nn2)c1=O. The largest absolute Gasteiger partial charge is 0.480 e. The van der Waals surface area contributed by atoms with E-state index in [2.05, 4.69) is 15.3 Å². The Morgan fingerprint density at radius 1 is 1.32 bits per heavy atom. The summed E-state index contributed by atoms with van der Waals surface area (Å²) in [6.07, 6.45) is 1.52. The molecule has 8 nitrogen and oxygen atoms in total. The molecule has 1 N–H and O–H groups in total. The van der Waals surface area contributed by atoms with E-state index >= 15 is 0 Å². The van der Waals surface area contributed by atoms with Gasteiger partial charge in [-0.3, -0.25) is 14.2 Å². The summed E-state index contributed by atoms with van der Waals surface area (Å²) in [7, 11) is 0. The number of nitrogens with zero attached hydrogens (tertiary/aromatic N) is 5. The first-order chi connectivity index (χ1) is 10.5. The van der Waals surface area contributed by atoms with Crippen LogP contribution >= 0.6 is 0 Å². The summed E-state index contributed by atoms with van der Waals surface area (Å²) in [6, 6.07) is 7.33. The van der Waals surface area contributed by atoms with Crippen LogP contribution in [0.4, 0.5) is 0 Å². The molecular formula is C14H13N5O3. The average Bonchev–Trinajstić information content (AvgIpc) is 2.90. The molecule has 2 heterocycles. The molecule has 0 saturated heterocycles. The standard InChI is InChI=1S/C14H13N5O3/c1-9-14(22)19(12-5-3-2-4-11(12)15-9)7-10-6-18(17-16-10)8-13(20)21/h2-6H,7-8H2,1H3,(H,20,21). The Kier molecular flexibility index (Phi) is 3.42. The smallest absolute Gasteiger partial charge is 0.325 e. The third kappa shape index (κ3) is 2.58. The number of fused-ring (bicyclic) bond motifs is 1. The highest BCUT2D eigenvalue weighted by Crippen LogP contribution is 2.11. The van der Waals surface area contributed by atoms with E-state index in [9.17, 15) is 9.59 Å². The van der Waals surface area contributed by atoms with Crippen molar-refractivity contribution in [2.75, 3.05) is 0 Å². The van der Waals surface area contributed by atoms with Crippen molar-refractivity contribution in [1.29, 1.82) is 0 Å². The summed E-state index contributed by atoms with van der Waals surface area (Å²) in [5.74, 6) is -1.00. The number of hydrogen-bond acceptors (Lipinski definition) is 5. The predicted molar refractivity (Wildman–Crippen MR) is 77.5 cm³/mol. The second kappa shape index (κ2) is 5.40. The van der Waals surface area contributed by atoms with Crippen LogP contribution in [0.3, 0.4) is 0 Å². The molecule has 3 aromatic rings. The van der Waals surface area contributed by atoms with E-state index in [0.717, 1.165) is 5.52 Å². The summed E-state index contributed by atoms with van der Waals surface area (Å²) in [4.78, 5) is 27.3. The molecule has 0 unspecified atom stereocenters. The second-order valence-electron chi connectivity index (χ2n) is 4.88. The van der Waals surface area contributed by atoms with Crippen LogP contribution in [-0.2, 0) is 17.9 Å². The van der Waals surface area contributed by atoms with Crippen molar-refractivity contribution in [3.63, 3.8) is 0 Å². The molecule has 3 rings (SSSR count). The monoisotopic (exact) mass is 299 g/mol. The van der Waals surface area contributed by atoms with Crippen LogP contribution < -0.4 is 5.56 Å². The molecule has 0 amide bonds. The van der Waals surface area contributed by atoms with Crippen molar-refractivity contribution in [3.05, 3.63) is 52.2 Å². The highest BCUT2D eigenvalue weighted by molar-refractivity contribution is 5.74. The fraction of sp³-hybridized carbons (Fsp3) is 0.214. The Morgan fingerprint density at radius 3 is 2.86 bits per heavy atom. The van der Waals surface area contributed by atoms with Crippen LogP contribution in [0.25, 0.3) is 11.0 Å². The number of benzene rings is 1. The Morgan fingerprint density at radius 2 is 2.09 bits per heavy atom. The molecule has 22 heavy (non-hydrogen) atoms. The van der Waals surface area contributed by atoms with Gasteiger partial charge >= 0.3 is 5.97 Å². The van der Waals surface area contributed by atoms with Crippen molar-refractivity contribution in [1.82, 2.24) is 24.5 Å². The zero-order valence-corrected chi connectivity index (χ0v) is 11.8. The molecule has 8 heteroatoms. The lowest BCUT2D eigenvalue weighted by Gasteiger charge is -2.09. The first-order valence-corrected chi connectivity index (χ1v) is 6.61. The van der Waals surface area contributed by atoms with Gasteiger partial charge in [-0.15, -0.1) is 5.10 Å². The number of carboxylic acids is 1. The Hall–Kier alpha value is -3.03. The molecule has 112 valence electrons.